The summed E-state index contributed by atoms with van der Waals surface area (Å²) in [6.07, 6.45) is 2.75. The topological polar surface area (TPSA) is 38.8 Å². The fraction of sp³-hybridized carbons (Fsp3) is 0.211. The molecule has 2 rings (SSSR count). The summed E-state index contributed by atoms with van der Waals surface area (Å²) in [6, 6.07) is 11.8. The summed E-state index contributed by atoms with van der Waals surface area (Å²) in [5.74, 6) is -0.173. The van der Waals surface area contributed by atoms with Crippen LogP contribution in [0.15, 0.2) is 48.5 Å². The zero-order chi connectivity index (χ0) is 18.4. The molecule has 25 heavy (non-hydrogen) atoms. The highest BCUT2D eigenvalue weighted by Gasteiger charge is 2.14. The van der Waals surface area contributed by atoms with Crippen LogP contribution in [0, 0.1) is 0 Å². The molecule has 2 aromatic rings. The summed E-state index contributed by atoms with van der Waals surface area (Å²) in [5.41, 5.74) is 1.81. The molecule has 0 atom stereocenters. The highest BCUT2D eigenvalue weighted by atomic mass is 19.3. The molecule has 0 radical (unpaired) electrons. The summed E-state index contributed by atoms with van der Waals surface area (Å²) in [6.45, 7) is -2.99. The van der Waals surface area contributed by atoms with E-state index in [2.05, 4.69) is 4.74 Å². The van der Waals surface area contributed by atoms with Gasteiger partial charge in [-0.1, -0.05) is 12.1 Å². The number of methoxy groups -OCH3 is 1. The number of rotatable bonds is 7. The molecule has 0 spiro atoms. The molecule has 0 amide bonds. The van der Waals surface area contributed by atoms with E-state index in [0.29, 0.717) is 11.1 Å². The van der Waals surface area contributed by atoms with Gasteiger partial charge in [-0.3, -0.25) is 4.79 Å². The number of para-hydroxylation sites is 1. The summed E-state index contributed by atoms with van der Waals surface area (Å²) < 4.78 is 34.8. The molecule has 6 heteroatoms. The maximum atomic E-state index is 12.6. The number of carbonyl (C=O) groups is 1. The second-order valence-corrected chi connectivity index (χ2v) is 5.40. The van der Waals surface area contributed by atoms with Crippen LogP contribution >= 0.6 is 0 Å². The Morgan fingerprint density at radius 1 is 1.12 bits per heavy atom. The highest BCUT2D eigenvalue weighted by Crippen LogP contribution is 2.33. The van der Waals surface area contributed by atoms with E-state index in [4.69, 9.17) is 4.74 Å². The van der Waals surface area contributed by atoms with Crippen LogP contribution in [-0.2, 0) is 0 Å². The van der Waals surface area contributed by atoms with E-state index in [0.717, 1.165) is 5.69 Å². The van der Waals surface area contributed by atoms with Gasteiger partial charge in [0.05, 0.1) is 7.11 Å². The second kappa shape index (κ2) is 8.28. The third-order valence-corrected chi connectivity index (χ3v) is 3.52. The van der Waals surface area contributed by atoms with Crippen LogP contribution in [0.1, 0.15) is 15.9 Å². The van der Waals surface area contributed by atoms with Crippen molar-refractivity contribution in [3.63, 3.8) is 0 Å². The van der Waals surface area contributed by atoms with Crippen molar-refractivity contribution in [2.24, 2.45) is 0 Å². The SMILES string of the molecule is COc1cccc(/C=C/C(=O)c2ccc(N(C)C)cc2)c1OC(F)F. The standard InChI is InChI=1S/C19H19F2NO3/c1-22(2)15-10-7-13(8-11-15)16(23)12-9-14-5-4-6-17(24-3)18(14)25-19(20)21/h4-12,19H,1-3H3/b12-9+. The van der Waals surface area contributed by atoms with Crippen LogP contribution in [0.3, 0.4) is 0 Å². The molecule has 0 aliphatic heterocycles. The Morgan fingerprint density at radius 2 is 1.80 bits per heavy atom. The Balaban J connectivity index is 2.24. The Hall–Kier alpha value is -2.89. The van der Waals surface area contributed by atoms with Gasteiger partial charge in [-0.05, 0) is 42.5 Å². The van der Waals surface area contributed by atoms with E-state index in [9.17, 15) is 13.6 Å². The molecule has 132 valence electrons. The van der Waals surface area contributed by atoms with Gasteiger partial charge in [-0.2, -0.15) is 8.78 Å². The van der Waals surface area contributed by atoms with Gasteiger partial charge < -0.3 is 14.4 Å². The molecule has 0 fully saturated rings. The van der Waals surface area contributed by atoms with Crippen molar-refractivity contribution in [3.8, 4) is 11.5 Å². The molecule has 0 saturated carbocycles. The molecule has 0 bridgehead atoms. The Kier molecular flexibility index (Phi) is 6.11. The fourth-order valence-corrected chi connectivity index (χ4v) is 2.23. The lowest BCUT2D eigenvalue weighted by atomic mass is 10.1. The molecular weight excluding hydrogens is 328 g/mol. The minimum absolute atomic E-state index is 0.105. The Morgan fingerprint density at radius 3 is 2.36 bits per heavy atom. The predicted molar refractivity (Wildman–Crippen MR) is 93.8 cm³/mol. The number of allylic oxidation sites excluding steroid dienone is 1. The number of anilines is 1. The zero-order valence-corrected chi connectivity index (χ0v) is 14.2. The number of ketones is 1. The zero-order valence-electron chi connectivity index (χ0n) is 14.2. The number of ether oxygens (including phenoxy) is 2. The molecule has 4 nitrogen and oxygen atoms in total. The van der Waals surface area contributed by atoms with Crippen molar-refractivity contribution in [1.29, 1.82) is 0 Å². The van der Waals surface area contributed by atoms with Gasteiger partial charge in [0.1, 0.15) is 0 Å². The van der Waals surface area contributed by atoms with Crippen molar-refractivity contribution in [2.75, 3.05) is 26.1 Å². The van der Waals surface area contributed by atoms with E-state index in [-0.39, 0.29) is 17.3 Å². The lowest BCUT2D eigenvalue weighted by Crippen LogP contribution is -2.08. The summed E-state index contributed by atoms with van der Waals surface area (Å²) in [5, 5.41) is 0. The number of benzene rings is 2. The van der Waals surface area contributed by atoms with Gasteiger partial charge in [-0.15, -0.1) is 0 Å². The average Bonchev–Trinajstić information content (AvgIpc) is 2.60. The van der Waals surface area contributed by atoms with Gasteiger partial charge in [-0.25, -0.2) is 0 Å². The van der Waals surface area contributed by atoms with E-state index in [1.807, 2.05) is 31.1 Å². The van der Waals surface area contributed by atoms with Crippen LogP contribution in [0.5, 0.6) is 11.5 Å². The van der Waals surface area contributed by atoms with Crippen molar-refractivity contribution < 1.29 is 23.0 Å². The van der Waals surface area contributed by atoms with Gasteiger partial charge >= 0.3 is 6.61 Å². The van der Waals surface area contributed by atoms with Crippen LogP contribution in [0.2, 0.25) is 0 Å². The van der Waals surface area contributed by atoms with Gasteiger partial charge in [0, 0.05) is 30.9 Å². The van der Waals surface area contributed by atoms with Crippen molar-refractivity contribution >= 4 is 17.5 Å². The third kappa shape index (κ3) is 4.79. The average molecular weight is 347 g/mol. The predicted octanol–water partition coefficient (Wildman–Crippen LogP) is 4.26. The maximum Gasteiger partial charge on any atom is 0.387 e. The maximum absolute atomic E-state index is 12.6. The van der Waals surface area contributed by atoms with Crippen molar-refractivity contribution in [2.45, 2.75) is 6.61 Å². The van der Waals surface area contributed by atoms with E-state index < -0.39 is 6.61 Å². The number of carbonyl (C=O) groups excluding carboxylic acids is 1. The van der Waals surface area contributed by atoms with Gasteiger partial charge in [0.2, 0.25) is 0 Å². The first kappa shape index (κ1) is 18.4. The number of alkyl halides is 2. The molecule has 0 saturated heterocycles. The van der Waals surface area contributed by atoms with E-state index in [1.165, 1.54) is 25.3 Å². The van der Waals surface area contributed by atoms with E-state index in [1.54, 1.807) is 24.3 Å². The number of halogens is 2. The summed E-state index contributed by atoms with van der Waals surface area (Å²) >= 11 is 0. The van der Waals surface area contributed by atoms with Crippen LogP contribution < -0.4 is 14.4 Å². The molecular formula is C19H19F2NO3. The molecule has 0 heterocycles. The first-order valence-corrected chi connectivity index (χ1v) is 7.54. The number of hydrogen-bond acceptors (Lipinski definition) is 4. The number of nitrogens with zero attached hydrogens (tertiary/aromatic N) is 1. The lowest BCUT2D eigenvalue weighted by Gasteiger charge is -2.12. The van der Waals surface area contributed by atoms with Crippen LogP contribution in [-0.4, -0.2) is 33.6 Å². The largest absolute Gasteiger partial charge is 0.493 e. The minimum Gasteiger partial charge on any atom is -0.493 e. The monoisotopic (exact) mass is 347 g/mol. The fourth-order valence-electron chi connectivity index (χ4n) is 2.23. The quantitative estimate of drug-likeness (QED) is 0.554. The Labute approximate surface area is 145 Å². The Bertz CT molecular complexity index is 756. The van der Waals surface area contributed by atoms with Crippen LogP contribution in [0.25, 0.3) is 6.08 Å². The molecule has 0 aromatic heterocycles. The third-order valence-electron chi connectivity index (χ3n) is 3.52. The molecule has 0 aliphatic carbocycles. The molecule has 2 aromatic carbocycles. The lowest BCUT2D eigenvalue weighted by molar-refractivity contribution is -0.0513. The second-order valence-electron chi connectivity index (χ2n) is 5.40. The first-order valence-electron chi connectivity index (χ1n) is 7.54. The normalized spacial score (nSPS) is 11.0. The van der Waals surface area contributed by atoms with Crippen LogP contribution in [0.4, 0.5) is 14.5 Å². The summed E-state index contributed by atoms with van der Waals surface area (Å²) in [7, 11) is 5.17. The minimum atomic E-state index is -2.99. The van der Waals surface area contributed by atoms with Crippen molar-refractivity contribution in [1.82, 2.24) is 0 Å². The molecule has 0 aliphatic rings. The molecule has 0 unspecified atom stereocenters. The summed E-state index contributed by atoms with van der Waals surface area (Å²) in [4.78, 5) is 14.2. The first-order chi connectivity index (χ1) is 11.9. The smallest absolute Gasteiger partial charge is 0.387 e. The highest BCUT2D eigenvalue weighted by molar-refractivity contribution is 6.07. The van der Waals surface area contributed by atoms with Crippen molar-refractivity contribution in [3.05, 3.63) is 59.7 Å². The molecule has 0 N–H and O–H groups in total. The van der Waals surface area contributed by atoms with Gasteiger partial charge in [0.25, 0.3) is 0 Å². The van der Waals surface area contributed by atoms with E-state index >= 15 is 0 Å². The number of hydrogen-bond donors (Lipinski definition) is 0. The van der Waals surface area contributed by atoms with Gasteiger partial charge in [0.15, 0.2) is 17.3 Å².